The number of non-ortho nitro benzene ring substituents is 1. The van der Waals surface area contributed by atoms with Crippen molar-refractivity contribution in [2.75, 3.05) is 7.05 Å². The minimum absolute atomic E-state index is 0.0274. The number of hydrogen-bond donors (Lipinski definition) is 1. The van der Waals surface area contributed by atoms with Crippen LogP contribution in [0.1, 0.15) is 21.5 Å². The molecule has 0 bridgehead atoms. The zero-order valence-corrected chi connectivity index (χ0v) is 24.2. The van der Waals surface area contributed by atoms with Gasteiger partial charge in [0.15, 0.2) is 5.17 Å². The Balaban J connectivity index is 1.49. The van der Waals surface area contributed by atoms with Crippen LogP contribution < -0.4 is 4.74 Å². The molecular weight excluding hydrogens is 724 g/mol. The van der Waals surface area contributed by atoms with E-state index in [2.05, 4.69) is 50.2 Å². The summed E-state index contributed by atoms with van der Waals surface area (Å²) < 4.78 is 7.69. The highest BCUT2D eigenvalue weighted by Gasteiger charge is 2.30. The van der Waals surface area contributed by atoms with Gasteiger partial charge in [0.2, 0.25) is 0 Å². The summed E-state index contributed by atoms with van der Waals surface area (Å²) in [6.07, 6.45) is 1.80. The highest BCUT2D eigenvalue weighted by Crippen LogP contribution is 2.35. The number of aromatic carboxylic acids is 1. The number of benzene rings is 3. The molecule has 12 heteroatoms. The number of carbonyl (C=O) groups excluding carboxylic acids is 1. The summed E-state index contributed by atoms with van der Waals surface area (Å²) in [4.78, 5) is 40.7. The van der Waals surface area contributed by atoms with Crippen LogP contribution in [-0.4, -0.2) is 39.0 Å². The van der Waals surface area contributed by atoms with Gasteiger partial charge < -0.3 is 9.84 Å². The van der Waals surface area contributed by atoms with Crippen molar-refractivity contribution < 1.29 is 24.4 Å². The van der Waals surface area contributed by atoms with Gasteiger partial charge in [0, 0.05) is 19.2 Å². The minimum Gasteiger partial charge on any atom is -0.487 e. The quantitative estimate of drug-likeness (QED) is 0.130. The number of carboxylic acids is 1. The summed E-state index contributed by atoms with van der Waals surface area (Å²) in [5.41, 5.74) is 2.38. The zero-order valence-electron chi connectivity index (χ0n) is 19.1. The summed E-state index contributed by atoms with van der Waals surface area (Å²) in [5.74, 6) is -0.510. The van der Waals surface area contributed by atoms with E-state index in [1.807, 2.05) is 12.1 Å². The van der Waals surface area contributed by atoms with E-state index >= 15 is 0 Å². The van der Waals surface area contributed by atoms with Crippen molar-refractivity contribution in [2.45, 2.75) is 6.61 Å². The second-order valence-corrected chi connectivity index (χ2v) is 11.1. The molecule has 9 nitrogen and oxygen atoms in total. The van der Waals surface area contributed by atoms with Crippen LogP contribution in [0.15, 0.2) is 70.6 Å². The fourth-order valence-corrected chi connectivity index (χ4v) is 6.38. The number of nitro groups is 1. The number of hydrogen-bond acceptors (Lipinski definition) is 7. The van der Waals surface area contributed by atoms with Crippen LogP contribution in [0.2, 0.25) is 0 Å². The van der Waals surface area contributed by atoms with E-state index in [1.54, 1.807) is 37.4 Å². The van der Waals surface area contributed by atoms with Crippen molar-refractivity contribution in [3.05, 3.63) is 99.5 Å². The Bertz CT molecular complexity index is 1430. The molecule has 1 fully saturated rings. The van der Waals surface area contributed by atoms with Gasteiger partial charge in [-0.1, -0.05) is 0 Å². The van der Waals surface area contributed by atoms with Crippen molar-refractivity contribution in [1.29, 1.82) is 0 Å². The Labute approximate surface area is 243 Å². The lowest BCUT2D eigenvalue weighted by Crippen LogP contribution is -2.23. The van der Waals surface area contributed by atoms with Crippen LogP contribution >= 0.6 is 56.9 Å². The van der Waals surface area contributed by atoms with E-state index in [-0.39, 0.29) is 23.8 Å². The number of likely N-dealkylation sites (N-methyl/N-ethyl adjacent to an activating group) is 1. The fourth-order valence-electron chi connectivity index (χ4n) is 3.26. The van der Waals surface area contributed by atoms with Gasteiger partial charge in [0.1, 0.15) is 12.4 Å². The lowest BCUT2D eigenvalue weighted by molar-refractivity contribution is -0.384. The summed E-state index contributed by atoms with van der Waals surface area (Å²) in [7, 11) is 1.64. The number of aliphatic imine (C=N–C) groups is 1. The highest BCUT2D eigenvalue weighted by atomic mass is 127. The van der Waals surface area contributed by atoms with Gasteiger partial charge in [-0.2, -0.15) is 0 Å². The first kappa shape index (κ1) is 27.1. The summed E-state index contributed by atoms with van der Waals surface area (Å²) in [6.45, 7) is 0.261. The third kappa shape index (κ3) is 6.48. The first-order valence-corrected chi connectivity index (χ1v) is 13.5. The van der Waals surface area contributed by atoms with Crippen LogP contribution in [-0.2, 0) is 11.4 Å². The molecule has 0 saturated carbocycles. The Morgan fingerprint density at radius 2 is 1.76 bits per heavy atom. The number of thioether (sulfide) groups is 1. The summed E-state index contributed by atoms with van der Waals surface area (Å²) >= 11 is 5.59. The van der Waals surface area contributed by atoms with E-state index in [0.717, 1.165) is 18.3 Å². The van der Waals surface area contributed by atoms with Crippen LogP contribution in [0.4, 0.5) is 11.4 Å². The smallest absolute Gasteiger partial charge is 0.335 e. The van der Waals surface area contributed by atoms with Gasteiger partial charge in [-0.3, -0.25) is 19.8 Å². The van der Waals surface area contributed by atoms with Crippen LogP contribution in [0.25, 0.3) is 6.08 Å². The monoisotopic (exact) mass is 741 g/mol. The van der Waals surface area contributed by atoms with Crippen molar-refractivity contribution in [3.63, 3.8) is 0 Å². The van der Waals surface area contributed by atoms with Gasteiger partial charge in [0.05, 0.1) is 28.2 Å². The Morgan fingerprint density at radius 1 is 1.14 bits per heavy atom. The second-order valence-electron chi connectivity index (χ2n) is 7.75. The van der Waals surface area contributed by atoms with Gasteiger partial charge in [-0.25, -0.2) is 9.79 Å². The third-order valence-electron chi connectivity index (χ3n) is 5.19. The molecule has 0 aliphatic carbocycles. The van der Waals surface area contributed by atoms with Crippen molar-refractivity contribution in [3.8, 4) is 5.75 Å². The molecule has 3 aromatic rings. The molecule has 0 spiro atoms. The molecular formula is C25H17I2N3O6S. The predicted molar refractivity (Wildman–Crippen MR) is 158 cm³/mol. The first-order valence-electron chi connectivity index (χ1n) is 10.6. The summed E-state index contributed by atoms with van der Waals surface area (Å²) in [6, 6.07) is 16.2. The largest absolute Gasteiger partial charge is 0.487 e. The van der Waals surface area contributed by atoms with Crippen molar-refractivity contribution >= 4 is 91.4 Å². The SMILES string of the molecule is CN1C(=O)C(=Cc2cc(I)c(OCc3ccc([N+](=O)[O-])cc3)c(I)c2)SC1=Nc1ccc(C(=O)O)cc1. The molecule has 1 aliphatic heterocycles. The molecule has 1 N–H and O–H groups in total. The zero-order chi connectivity index (χ0) is 26.7. The molecule has 37 heavy (non-hydrogen) atoms. The molecule has 0 aromatic heterocycles. The maximum Gasteiger partial charge on any atom is 0.335 e. The van der Waals surface area contributed by atoms with E-state index in [4.69, 9.17) is 9.84 Å². The Hall–Kier alpha value is -2.98. The third-order valence-corrected chi connectivity index (χ3v) is 7.85. The number of carboxylic acid groups (broad SMARTS) is 1. The molecule has 1 saturated heterocycles. The second kappa shape index (κ2) is 11.6. The number of amidine groups is 1. The molecule has 1 aliphatic rings. The number of ether oxygens (including phenoxy) is 1. The Kier molecular flexibility index (Phi) is 8.49. The van der Waals surface area contributed by atoms with E-state index < -0.39 is 10.9 Å². The average Bonchev–Trinajstić information content (AvgIpc) is 3.11. The molecule has 0 atom stereocenters. The number of halogens is 2. The number of nitro benzene ring substituents is 1. The maximum atomic E-state index is 12.8. The number of rotatable bonds is 7. The lowest BCUT2D eigenvalue weighted by atomic mass is 10.2. The first-order chi connectivity index (χ1) is 17.6. The van der Waals surface area contributed by atoms with Crippen LogP contribution in [0, 0.1) is 17.3 Å². The number of carbonyl (C=O) groups is 2. The normalized spacial score (nSPS) is 15.4. The highest BCUT2D eigenvalue weighted by molar-refractivity contribution is 14.1. The standard InChI is InChI=1S/C25H17I2N3O6S/c1-29-23(31)21(37-25(29)28-17-6-4-16(5-7-17)24(32)33)12-15-10-19(26)22(20(27)11-15)36-13-14-2-8-18(9-3-14)30(34)35/h2-12H,13H2,1H3,(H,32,33). The predicted octanol–water partition coefficient (Wildman–Crippen LogP) is 6.32. The molecule has 0 unspecified atom stereocenters. The molecule has 1 heterocycles. The van der Waals surface area contributed by atoms with Gasteiger partial charge in [-0.05, 0) is 123 Å². The number of nitrogens with zero attached hydrogens (tertiary/aromatic N) is 3. The van der Waals surface area contributed by atoms with Gasteiger partial charge in [0.25, 0.3) is 11.6 Å². The lowest BCUT2D eigenvalue weighted by Gasteiger charge is -2.12. The van der Waals surface area contributed by atoms with Crippen molar-refractivity contribution in [2.24, 2.45) is 4.99 Å². The van der Waals surface area contributed by atoms with Gasteiger partial charge in [-0.15, -0.1) is 0 Å². The van der Waals surface area contributed by atoms with E-state index in [1.165, 1.54) is 40.9 Å². The van der Waals surface area contributed by atoms with Crippen LogP contribution in [0.5, 0.6) is 5.75 Å². The molecule has 0 radical (unpaired) electrons. The summed E-state index contributed by atoms with van der Waals surface area (Å²) in [5, 5.41) is 20.4. The van der Waals surface area contributed by atoms with E-state index in [0.29, 0.717) is 21.5 Å². The van der Waals surface area contributed by atoms with Crippen LogP contribution in [0.3, 0.4) is 0 Å². The molecule has 1 amide bonds. The average molecular weight is 741 g/mol. The topological polar surface area (TPSA) is 122 Å². The Morgan fingerprint density at radius 3 is 2.32 bits per heavy atom. The maximum absolute atomic E-state index is 12.8. The minimum atomic E-state index is -1.01. The van der Waals surface area contributed by atoms with Crippen molar-refractivity contribution in [1.82, 2.24) is 4.90 Å². The van der Waals surface area contributed by atoms with E-state index in [9.17, 15) is 19.7 Å². The molecule has 188 valence electrons. The fraction of sp³-hybridized carbons (Fsp3) is 0.0800. The van der Waals surface area contributed by atoms with Gasteiger partial charge >= 0.3 is 5.97 Å². The number of amides is 1. The molecule has 3 aromatic carbocycles. The molecule has 4 rings (SSSR count).